The maximum atomic E-state index is 10.9. The van der Waals surface area contributed by atoms with Gasteiger partial charge in [0.25, 0.3) is 0 Å². The monoisotopic (exact) mass is 156 g/mol. The van der Waals surface area contributed by atoms with E-state index in [1.807, 2.05) is 5.32 Å². The van der Waals surface area contributed by atoms with Crippen LogP contribution in [0.25, 0.3) is 0 Å². The SMILES string of the molecule is CCC(=O)N1CC(=O)NC1=O. The second-order valence-electron chi connectivity index (χ2n) is 2.19. The van der Waals surface area contributed by atoms with E-state index < -0.39 is 11.9 Å². The predicted molar refractivity (Wildman–Crippen MR) is 35.5 cm³/mol. The van der Waals surface area contributed by atoms with Crippen LogP contribution in [0.5, 0.6) is 0 Å². The third-order valence-corrected chi connectivity index (χ3v) is 1.40. The van der Waals surface area contributed by atoms with Crippen LogP contribution >= 0.6 is 0 Å². The normalized spacial score (nSPS) is 17.0. The van der Waals surface area contributed by atoms with Crippen molar-refractivity contribution in [2.45, 2.75) is 13.3 Å². The Morgan fingerprint density at radius 1 is 1.64 bits per heavy atom. The molecule has 1 aliphatic heterocycles. The summed E-state index contributed by atoms with van der Waals surface area (Å²) >= 11 is 0. The molecule has 0 aliphatic carbocycles. The molecule has 0 aromatic heterocycles. The quantitative estimate of drug-likeness (QED) is 0.519. The van der Waals surface area contributed by atoms with Gasteiger partial charge in [0, 0.05) is 6.42 Å². The molecular formula is C6H8N2O3. The van der Waals surface area contributed by atoms with E-state index in [4.69, 9.17) is 0 Å². The van der Waals surface area contributed by atoms with Crippen molar-refractivity contribution in [1.29, 1.82) is 0 Å². The summed E-state index contributed by atoms with van der Waals surface area (Å²) in [5.41, 5.74) is 0. The second kappa shape index (κ2) is 2.69. The number of carbonyl (C=O) groups excluding carboxylic acids is 3. The van der Waals surface area contributed by atoms with E-state index in [9.17, 15) is 14.4 Å². The first-order valence-corrected chi connectivity index (χ1v) is 3.29. The fourth-order valence-corrected chi connectivity index (χ4v) is 0.834. The van der Waals surface area contributed by atoms with Gasteiger partial charge in [0.2, 0.25) is 11.8 Å². The maximum absolute atomic E-state index is 10.9. The molecule has 0 bridgehead atoms. The van der Waals surface area contributed by atoms with Crippen LogP contribution in [0.1, 0.15) is 13.3 Å². The molecule has 1 saturated heterocycles. The lowest BCUT2D eigenvalue weighted by Crippen LogP contribution is -2.33. The van der Waals surface area contributed by atoms with E-state index >= 15 is 0 Å². The summed E-state index contributed by atoms with van der Waals surface area (Å²) < 4.78 is 0. The van der Waals surface area contributed by atoms with Gasteiger partial charge in [-0.3, -0.25) is 19.8 Å². The molecule has 60 valence electrons. The second-order valence-corrected chi connectivity index (χ2v) is 2.19. The summed E-state index contributed by atoms with van der Waals surface area (Å²) in [6.07, 6.45) is 0.237. The minimum Gasteiger partial charge on any atom is -0.276 e. The molecule has 1 rings (SSSR count). The number of amides is 4. The molecule has 0 atom stereocenters. The largest absolute Gasteiger partial charge is 0.331 e. The molecule has 1 aliphatic rings. The van der Waals surface area contributed by atoms with Gasteiger partial charge in [0.15, 0.2) is 0 Å². The van der Waals surface area contributed by atoms with Crippen LogP contribution in [-0.2, 0) is 9.59 Å². The van der Waals surface area contributed by atoms with Gasteiger partial charge in [0.05, 0.1) is 0 Å². The first kappa shape index (κ1) is 7.71. The average Bonchev–Trinajstić information content (AvgIpc) is 2.28. The van der Waals surface area contributed by atoms with Crippen LogP contribution in [0.15, 0.2) is 0 Å². The van der Waals surface area contributed by atoms with E-state index in [0.717, 1.165) is 4.90 Å². The Balaban J connectivity index is 2.67. The highest BCUT2D eigenvalue weighted by Gasteiger charge is 2.30. The summed E-state index contributed by atoms with van der Waals surface area (Å²) in [5.74, 6) is -0.745. The molecule has 4 amide bonds. The fourth-order valence-electron chi connectivity index (χ4n) is 0.834. The molecule has 1 heterocycles. The van der Waals surface area contributed by atoms with Crippen LogP contribution < -0.4 is 5.32 Å². The van der Waals surface area contributed by atoms with E-state index in [-0.39, 0.29) is 18.9 Å². The lowest BCUT2D eigenvalue weighted by atomic mass is 10.4. The lowest BCUT2D eigenvalue weighted by molar-refractivity contribution is -0.129. The van der Waals surface area contributed by atoms with Crippen molar-refractivity contribution in [1.82, 2.24) is 10.2 Å². The molecule has 1 N–H and O–H groups in total. The van der Waals surface area contributed by atoms with Crippen LogP contribution in [0, 0.1) is 0 Å². The highest BCUT2D eigenvalue weighted by atomic mass is 16.2. The van der Waals surface area contributed by atoms with Crippen LogP contribution in [0.2, 0.25) is 0 Å². The van der Waals surface area contributed by atoms with Gasteiger partial charge in [-0.15, -0.1) is 0 Å². The Hall–Kier alpha value is -1.39. The summed E-state index contributed by atoms with van der Waals surface area (Å²) in [6.45, 7) is 1.50. The topological polar surface area (TPSA) is 66.5 Å². The lowest BCUT2D eigenvalue weighted by Gasteiger charge is -2.07. The molecule has 0 aromatic carbocycles. The molecular weight excluding hydrogens is 148 g/mol. The first-order chi connectivity index (χ1) is 5.15. The van der Waals surface area contributed by atoms with Gasteiger partial charge in [-0.1, -0.05) is 6.92 Å². The van der Waals surface area contributed by atoms with E-state index in [1.165, 1.54) is 0 Å². The molecule has 11 heavy (non-hydrogen) atoms. The number of rotatable bonds is 1. The average molecular weight is 156 g/mol. The highest BCUT2D eigenvalue weighted by molar-refractivity contribution is 6.09. The Bertz CT molecular complexity index is 224. The van der Waals surface area contributed by atoms with Gasteiger partial charge < -0.3 is 0 Å². The van der Waals surface area contributed by atoms with Gasteiger partial charge in [-0.05, 0) is 0 Å². The smallest absolute Gasteiger partial charge is 0.276 e. The van der Waals surface area contributed by atoms with Crippen molar-refractivity contribution in [2.75, 3.05) is 6.54 Å². The molecule has 5 nitrogen and oxygen atoms in total. The number of urea groups is 1. The van der Waals surface area contributed by atoms with Crippen molar-refractivity contribution >= 4 is 17.8 Å². The minimum absolute atomic E-state index is 0.133. The maximum Gasteiger partial charge on any atom is 0.331 e. The zero-order valence-corrected chi connectivity index (χ0v) is 6.09. The summed E-state index contributed by atoms with van der Waals surface area (Å²) in [5, 5.41) is 2.01. The Labute approximate surface area is 63.4 Å². The molecule has 1 fully saturated rings. The molecule has 0 unspecified atom stereocenters. The molecule has 0 saturated carbocycles. The van der Waals surface area contributed by atoms with Gasteiger partial charge in [-0.2, -0.15) is 0 Å². The molecule has 0 radical (unpaired) electrons. The van der Waals surface area contributed by atoms with Crippen molar-refractivity contribution < 1.29 is 14.4 Å². The highest BCUT2D eigenvalue weighted by Crippen LogP contribution is 2.00. The van der Waals surface area contributed by atoms with E-state index in [0.29, 0.717) is 0 Å². The van der Waals surface area contributed by atoms with Gasteiger partial charge in [0.1, 0.15) is 6.54 Å². The van der Waals surface area contributed by atoms with Crippen molar-refractivity contribution in [3.05, 3.63) is 0 Å². The number of hydrogen-bond acceptors (Lipinski definition) is 3. The summed E-state index contributed by atoms with van der Waals surface area (Å²) in [6, 6.07) is -0.609. The number of imide groups is 2. The Morgan fingerprint density at radius 3 is 2.64 bits per heavy atom. The van der Waals surface area contributed by atoms with Crippen LogP contribution in [0.4, 0.5) is 4.79 Å². The zero-order chi connectivity index (χ0) is 8.43. The number of nitrogens with zero attached hydrogens (tertiary/aromatic N) is 1. The zero-order valence-electron chi connectivity index (χ0n) is 6.09. The summed E-state index contributed by atoms with van der Waals surface area (Å²) in [7, 11) is 0. The molecule has 0 spiro atoms. The standard InChI is InChI=1S/C6H8N2O3/c1-2-5(10)8-3-4(9)7-6(8)11/h2-3H2,1H3,(H,7,9,11). The summed E-state index contributed by atoms with van der Waals surface area (Å²) in [4.78, 5) is 33.1. The van der Waals surface area contributed by atoms with Crippen molar-refractivity contribution in [3.63, 3.8) is 0 Å². The molecule has 5 heteroatoms. The van der Waals surface area contributed by atoms with Crippen molar-refractivity contribution in [2.24, 2.45) is 0 Å². The number of nitrogens with one attached hydrogen (secondary N) is 1. The first-order valence-electron chi connectivity index (χ1n) is 3.29. The molecule has 0 aromatic rings. The third kappa shape index (κ3) is 1.36. The van der Waals surface area contributed by atoms with E-state index in [1.54, 1.807) is 6.92 Å². The van der Waals surface area contributed by atoms with Crippen LogP contribution in [-0.4, -0.2) is 29.3 Å². The van der Waals surface area contributed by atoms with Gasteiger partial charge >= 0.3 is 6.03 Å². The van der Waals surface area contributed by atoms with Crippen LogP contribution in [0.3, 0.4) is 0 Å². The number of hydrogen-bond donors (Lipinski definition) is 1. The Kier molecular flexibility index (Phi) is 1.89. The predicted octanol–water partition coefficient (Wildman–Crippen LogP) is -0.525. The number of carbonyl (C=O) groups is 3. The third-order valence-electron chi connectivity index (χ3n) is 1.40. The van der Waals surface area contributed by atoms with Crippen molar-refractivity contribution in [3.8, 4) is 0 Å². The Morgan fingerprint density at radius 2 is 2.27 bits per heavy atom. The fraction of sp³-hybridized carbons (Fsp3) is 0.500. The minimum atomic E-state index is -0.609. The van der Waals surface area contributed by atoms with E-state index in [2.05, 4.69) is 0 Å². The van der Waals surface area contributed by atoms with Gasteiger partial charge in [-0.25, -0.2) is 4.79 Å².